The normalized spacial score (nSPS) is 18.2. The fourth-order valence-electron chi connectivity index (χ4n) is 4.74. The molecule has 164 valence electrons. The molecule has 0 heterocycles. The molecule has 3 aromatic carbocycles. The van der Waals surface area contributed by atoms with Crippen molar-refractivity contribution in [3.8, 4) is 11.8 Å². The third kappa shape index (κ3) is 5.68. The summed E-state index contributed by atoms with van der Waals surface area (Å²) in [5.74, 6) is 7.67. The van der Waals surface area contributed by atoms with Crippen molar-refractivity contribution in [2.45, 2.75) is 58.3 Å². The summed E-state index contributed by atoms with van der Waals surface area (Å²) in [5, 5.41) is 1.63. The van der Waals surface area contributed by atoms with Crippen molar-refractivity contribution < 1.29 is 4.39 Å². The van der Waals surface area contributed by atoms with Crippen LogP contribution in [0.5, 0.6) is 0 Å². The summed E-state index contributed by atoms with van der Waals surface area (Å²) < 4.78 is 15.1. The first-order valence-corrected chi connectivity index (χ1v) is 12.1. The van der Waals surface area contributed by atoms with Gasteiger partial charge < -0.3 is 0 Å². The largest absolute Gasteiger partial charge is 0.205 e. The van der Waals surface area contributed by atoms with Gasteiger partial charge in [0.15, 0.2) is 0 Å². The molecular weight excluding hydrogens is 391 g/mol. The minimum absolute atomic E-state index is 0.217. The van der Waals surface area contributed by atoms with E-state index < -0.39 is 0 Å². The summed E-state index contributed by atoms with van der Waals surface area (Å²) in [6, 6.07) is 18.2. The fourth-order valence-corrected chi connectivity index (χ4v) is 4.74. The highest BCUT2D eigenvalue weighted by Gasteiger charge is 2.18. The van der Waals surface area contributed by atoms with E-state index in [-0.39, 0.29) is 5.82 Å². The van der Waals surface area contributed by atoms with Crippen LogP contribution in [-0.2, 0) is 12.8 Å². The lowest BCUT2D eigenvalue weighted by Crippen LogP contribution is -2.12. The number of halogens is 1. The first-order chi connectivity index (χ1) is 15.6. The van der Waals surface area contributed by atoms with Crippen LogP contribution in [0.2, 0.25) is 0 Å². The minimum Gasteiger partial charge on any atom is -0.205 e. The van der Waals surface area contributed by atoms with Crippen molar-refractivity contribution in [2.75, 3.05) is 0 Å². The van der Waals surface area contributed by atoms with Crippen LogP contribution in [0.3, 0.4) is 0 Å². The number of fused-ring (bicyclic) bond motifs is 1. The third-order valence-electron chi connectivity index (χ3n) is 6.93. The number of hydrogen-bond acceptors (Lipinski definition) is 0. The Morgan fingerprint density at radius 3 is 2.41 bits per heavy atom. The summed E-state index contributed by atoms with van der Waals surface area (Å²) >= 11 is 0. The summed E-state index contributed by atoms with van der Waals surface area (Å²) in [5.41, 5.74) is 3.93. The van der Waals surface area contributed by atoms with Crippen molar-refractivity contribution >= 4 is 10.8 Å². The first kappa shape index (κ1) is 22.3. The van der Waals surface area contributed by atoms with Crippen LogP contribution in [0.1, 0.15) is 67.7 Å². The van der Waals surface area contributed by atoms with Gasteiger partial charge in [-0.05, 0) is 72.2 Å². The highest BCUT2D eigenvalue weighted by atomic mass is 19.1. The molecule has 0 aliphatic heterocycles. The van der Waals surface area contributed by atoms with E-state index in [9.17, 15) is 0 Å². The van der Waals surface area contributed by atoms with Crippen LogP contribution >= 0.6 is 0 Å². The Bertz CT molecular complexity index is 1120. The van der Waals surface area contributed by atoms with E-state index in [2.05, 4.69) is 49.6 Å². The van der Waals surface area contributed by atoms with Crippen LogP contribution in [0.15, 0.2) is 67.3 Å². The van der Waals surface area contributed by atoms with Crippen LogP contribution in [0.4, 0.5) is 4.39 Å². The summed E-state index contributed by atoms with van der Waals surface area (Å²) in [4.78, 5) is 0. The van der Waals surface area contributed by atoms with Gasteiger partial charge in [-0.1, -0.05) is 86.9 Å². The summed E-state index contributed by atoms with van der Waals surface area (Å²) in [7, 11) is 0. The van der Waals surface area contributed by atoms with Crippen molar-refractivity contribution in [3.05, 3.63) is 95.3 Å². The molecule has 1 aliphatic rings. The lowest BCUT2D eigenvalue weighted by molar-refractivity contribution is 0.278. The third-order valence-corrected chi connectivity index (χ3v) is 6.93. The maximum Gasteiger partial charge on any atom is 0.146 e. The molecule has 0 radical (unpaired) electrons. The van der Waals surface area contributed by atoms with Gasteiger partial charge in [-0.2, -0.15) is 0 Å². The van der Waals surface area contributed by atoms with Crippen LogP contribution in [-0.4, -0.2) is 0 Å². The molecule has 1 fully saturated rings. The molecule has 1 heteroatoms. The number of allylic oxidation sites excluding steroid dienone is 1. The van der Waals surface area contributed by atoms with E-state index in [1.54, 1.807) is 0 Å². The molecule has 32 heavy (non-hydrogen) atoms. The summed E-state index contributed by atoms with van der Waals surface area (Å²) in [6.45, 7) is 6.13. The zero-order chi connectivity index (χ0) is 22.3. The van der Waals surface area contributed by atoms with E-state index in [1.165, 1.54) is 43.2 Å². The quantitative estimate of drug-likeness (QED) is 0.276. The SMILES string of the molecule is C=CCCc1ccc(C#Cc2ccc3cc(CCC4CCC(C)CC4)ccc3c2F)cc1. The van der Waals surface area contributed by atoms with Gasteiger partial charge in [0.1, 0.15) is 5.82 Å². The van der Waals surface area contributed by atoms with Crippen molar-refractivity contribution in [1.29, 1.82) is 0 Å². The lowest BCUT2D eigenvalue weighted by Gasteiger charge is -2.26. The predicted octanol–water partition coefficient (Wildman–Crippen LogP) is 8.26. The maximum absolute atomic E-state index is 15.1. The molecule has 3 aromatic rings. The Kier molecular flexibility index (Phi) is 7.43. The van der Waals surface area contributed by atoms with Crippen molar-refractivity contribution in [2.24, 2.45) is 11.8 Å². The van der Waals surface area contributed by atoms with Gasteiger partial charge in [0.25, 0.3) is 0 Å². The number of rotatable bonds is 6. The maximum atomic E-state index is 15.1. The van der Waals surface area contributed by atoms with Gasteiger partial charge in [0, 0.05) is 10.9 Å². The average molecular weight is 425 g/mol. The number of hydrogen-bond donors (Lipinski definition) is 0. The molecule has 4 rings (SSSR count). The van der Waals surface area contributed by atoms with Gasteiger partial charge in [0.05, 0.1) is 5.56 Å². The highest BCUT2D eigenvalue weighted by Crippen LogP contribution is 2.31. The van der Waals surface area contributed by atoms with E-state index in [4.69, 9.17) is 0 Å². The highest BCUT2D eigenvalue weighted by molar-refractivity contribution is 5.85. The van der Waals surface area contributed by atoms with Gasteiger partial charge >= 0.3 is 0 Å². The standard InChI is InChI=1S/C31H33F/c1-3-4-5-24-10-12-26(13-11-24)16-18-28-19-20-29-22-27(17-21-30(29)31(28)32)15-14-25-8-6-23(2)7-9-25/h3,10-13,17,19-23,25H,1,4-9,14-15H2,2H3. The first-order valence-electron chi connectivity index (χ1n) is 12.1. The Balaban J connectivity index is 1.44. The molecule has 1 aliphatic carbocycles. The second-order valence-corrected chi connectivity index (χ2v) is 9.42. The lowest BCUT2D eigenvalue weighted by atomic mass is 9.80. The van der Waals surface area contributed by atoms with Gasteiger partial charge in [0.2, 0.25) is 0 Å². The second-order valence-electron chi connectivity index (χ2n) is 9.42. The molecule has 0 atom stereocenters. The molecule has 0 N–H and O–H groups in total. The van der Waals surface area contributed by atoms with E-state index >= 15 is 4.39 Å². The Hall–Kier alpha value is -2.85. The zero-order valence-corrected chi connectivity index (χ0v) is 19.2. The molecule has 0 bridgehead atoms. The molecule has 0 saturated heterocycles. The molecule has 0 aromatic heterocycles. The van der Waals surface area contributed by atoms with Crippen molar-refractivity contribution in [3.63, 3.8) is 0 Å². The van der Waals surface area contributed by atoms with E-state index in [0.717, 1.165) is 42.0 Å². The van der Waals surface area contributed by atoms with Crippen LogP contribution in [0.25, 0.3) is 10.8 Å². The zero-order valence-electron chi connectivity index (χ0n) is 19.2. The molecule has 0 unspecified atom stereocenters. The molecule has 0 amide bonds. The topological polar surface area (TPSA) is 0 Å². The van der Waals surface area contributed by atoms with E-state index in [0.29, 0.717) is 10.9 Å². The monoisotopic (exact) mass is 424 g/mol. The summed E-state index contributed by atoms with van der Waals surface area (Å²) in [6.07, 6.45) is 11.7. The minimum atomic E-state index is -0.217. The number of benzene rings is 3. The average Bonchev–Trinajstić information content (AvgIpc) is 2.82. The number of aryl methyl sites for hydroxylation is 2. The fraction of sp³-hybridized carbons (Fsp3) is 0.355. The van der Waals surface area contributed by atoms with Gasteiger partial charge in [-0.25, -0.2) is 4.39 Å². The Morgan fingerprint density at radius 1 is 0.906 bits per heavy atom. The molecule has 0 spiro atoms. The molecule has 1 saturated carbocycles. The van der Waals surface area contributed by atoms with Crippen LogP contribution < -0.4 is 0 Å². The second kappa shape index (κ2) is 10.6. The molecular formula is C31H33F. The van der Waals surface area contributed by atoms with E-state index in [1.807, 2.05) is 36.4 Å². The Morgan fingerprint density at radius 2 is 1.66 bits per heavy atom. The van der Waals surface area contributed by atoms with Crippen LogP contribution in [0, 0.1) is 29.5 Å². The molecule has 0 nitrogen and oxygen atoms in total. The van der Waals surface area contributed by atoms with Gasteiger partial charge in [-0.15, -0.1) is 6.58 Å². The Labute approximate surface area is 192 Å². The predicted molar refractivity (Wildman–Crippen MR) is 134 cm³/mol. The smallest absolute Gasteiger partial charge is 0.146 e. The van der Waals surface area contributed by atoms with Gasteiger partial charge in [-0.3, -0.25) is 0 Å². The van der Waals surface area contributed by atoms with Crippen molar-refractivity contribution in [1.82, 2.24) is 0 Å².